The van der Waals surface area contributed by atoms with E-state index in [1.165, 1.54) is 11.1 Å². The Morgan fingerprint density at radius 1 is 1.43 bits per heavy atom. The van der Waals surface area contributed by atoms with Gasteiger partial charge in [-0.3, -0.25) is 0 Å². The van der Waals surface area contributed by atoms with Gasteiger partial charge in [0.2, 0.25) is 0 Å². The van der Waals surface area contributed by atoms with Crippen molar-refractivity contribution in [3.8, 4) is 0 Å². The van der Waals surface area contributed by atoms with Crippen LogP contribution in [0.3, 0.4) is 0 Å². The summed E-state index contributed by atoms with van der Waals surface area (Å²) in [6, 6.07) is 8.90. The molecule has 1 aromatic carbocycles. The summed E-state index contributed by atoms with van der Waals surface area (Å²) >= 11 is 0. The number of nitrogens with one attached hydrogen (secondary N) is 1. The van der Waals surface area contributed by atoms with Crippen molar-refractivity contribution < 1.29 is 5.11 Å². The quantitative estimate of drug-likeness (QED) is 0.761. The number of fused-ring (bicyclic) bond motifs is 1. The Labute approximate surface area is 85.0 Å². The minimum Gasteiger partial charge on any atom is -0.389 e. The lowest BCUT2D eigenvalue weighted by Gasteiger charge is -2.33. The molecule has 0 aromatic heterocycles. The molecule has 14 heavy (non-hydrogen) atoms. The second-order valence-electron chi connectivity index (χ2n) is 4.65. The van der Waals surface area contributed by atoms with Crippen LogP contribution in [0.4, 0.5) is 0 Å². The van der Waals surface area contributed by atoms with Gasteiger partial charge in [-0.15, -0.1) is 0 Å². The Balaban J connectivity index is 1.93. The zero-order valence-electron chi connectivity index (χ0n) is 8.75. The van der Waals surface area contributed by atoms with Crippen molar-refractivity contribution in [2.75, 3.05) is 6.54 Å². The molecule has 0 spiro atoms. The topological polar surface area (TPSA) is 32.3 Å². The SMILES string of the molecule is CC(C)(O)CNC1Cc2ccccc21. The highest BCUT2D eigenvalue weighted by molar-refractivity contribution is 5.39. The standard InChI is InChI=1S/C12H17NO/c1-12(2,14)8-13-11-7-9-5-3-4-6-10(9)11/h3-6,11,13-14H,7-8H2,1-2H3. The Bertz CT molecular complexity index is 327. The van der Waals surface area contributed by atoms with Gasteiger partial charge in [0, 0.05) is 12.6 Å². The molecule has 0 saturated carbocycles. The van der Waals surface area contributed by atoms with E-state index in [0.29, 0.717) is 12.6 Å². The first-order valence-electron chi connectivity index (χ1n) is 5.10. The Kier molecular flexibility index (Phi) is 2.33. The maximum absolute atomic E-state index is 9.57. The zero-order valence-corrected chi connectivity index (χ0v) is 8.75. The highest BCUT2D eigenvalue weighted by Crippen LogP contribution is 2.32. The molecule has 1 aliphatic carbocycles. The third-order valence-electron chi connectivity index (χ3n) is 2.64. The molecule has 76 valence electrons. The summed E-state index contributed by atoms with van der Waals surface area (Å²) in [6.45, 7) is 4.29. The van der Waals surface area contributed by atoms with Gasteiger partial charge in [-0.1, -0.05) is 24.3 Å². The van der Waals surface area contributed by atoms with Crippen molar-refractivity contribution in [2.45, 2.75) is 31.9 Å². The van der Waals surface area contributed by atoms with E-state index in [2.05, 4.69) is 29.6 Å². The van der Waals surface area contributed by atoms with E-state index in [0.717, 1.165) is 6.42 Å². The average molecular weight is 191 g/mol. The van der Waals surface area contributed by atoms with Crippen molar-refractivity contribution >= 4 is 0 Å². The van der Waals surface area contributed by atoms with Crippen molar-refractivity contribution in [1.82, 2.24) is 5.32 Å². The monoisotopic (exact) mass is 191 g/mol. The van der Waals surface area contributed by atoms with E-state index in [-0.39, 0.29) is 0 Å². The van der Waals surface area contributed by atoms with E-state index >= 15 is 0 Å². The molecule has 1 unspecified atom stereocenters. The lowest BCUT2D eigenvalue weighted by Crippen LogP contribution is -2.40. The summed E-state index contributed by atoms with van der Waals surface area (Å²) in [5, 5.41) is 12.9. The molecule has 0 fully saturated rings. The molecule has 2 N–H and O–H groups in total. The van der Waals surface area contributed by atoms with Crippen LogP contribution in [0.15, 0.2) is 24.3 Å². The number of rotatable bonds is 3. The van der Waals surface area contributed by atoms with E-state index in [1.807, 2.05) is 13.8 Å². The smallest absolute Gasteiger partial charge is 0.0715 e. The molecule has 0 amide bonds. The molecule has 1 aliphatic rings. The molecule has 0 bridgehead atoms. The molecule has 0 saturated heterocycles. The van der Waals surface area contributed by atoms with Gasteiger partial charge < -0.3 is 10.4 Å². The fraction of sp³-hybridized carbons (Fsp3) is 0.500. The molecule has 0 heterocycles. The van der Waals surface area contributed by atoms with Crippen molar-refractivity contribution in [3.63, 3.8) is 0 Å². The highest BCUT2D eigenvalue weighted by Gasteiger charge is 2.26. The summed E-state index contributed by atoms with van der Waals surface area (Å²) < 4.78 is 0. The van der Waals surface area contributed by atoms with Gasteiger partial charge in [0.05, 0.1) is 5.60 Å². The molecule has 2 nitrogen and oxygen atoms in total. The van der Waals surface area contributed by atoms with Crippen LogP contribution in [0.2, 0.25) is 0 Å². The minimum atomic E-state index is -0.621. The first kappa shape index (κ1) is 9.69. The van der Waals surface area contributed by atoms with Gasteiger partial charge >= 0.3 is 0 Å². The van der Waals surface area contributed by atoms with Crippen molar-refractivity contribution in [1.29, 1.82) is 0 Å². The van der Waals surface area contributed by atoms with Gasteiger partial charge in [-0.25, -0.2) is 0 Å². The first-order valence-corrected chi connectivity index (χ1v) is 5.10. The largest absolute Gasteiger partial charge is 0.389 e. The zero-order chi connectivity index (χ0) is 10.2. The van der Waals surface area contributed by atoms with Crippen LogP contribution in [-0.4, -0.2) is 17.3 Å². The molecule has 1 atom stereocenters. The van der Waals surface area contributed by atoms with Gasteiger partial charge in [0.15, 0.2) is 0 Å². The second kappa shape index (κ2) is 3.37. The Morgan fingerprint density at radius 3 is 2.79 bits per heavy atom. The molecule has 2 rings (SSSR count). The third kappa shape index (κ3) is 1.97. The van der Waals surface area contributed by atoms with Gasteiger partial charge in [0.25, 0.3) is 0 Å². The second-order valence-corrected chi connectivity index (χ2v) is 4.65. The number of hydrogen-bond donors (Lipinski definition) is 2. The number of aliphatic hydroxyl groups is 1. The summed E-state index contributed by atoms with van der Waals surface area (Å²) in [4.78, 5) is 0. The predicted molar refractivity (Wildman–Crippen MR) is 57.2 cm³/mol. The van der Waals surface area contributed by atoms with Crippen molar-refractivity contribution in [2.24, 2.45) is 0 Å². The fourth-order valence-electron chi connectivity index (χ4n) is 1.81. The van der Waals surface area contributed by atoms with E-state index < -0.39 is 5.60 Å². The van der Waals surface area contributed by atoms with E-state index in [4.69, 9.17) is 0 Å². The van der Waals surface area contributed by atoms with E-state index in [9.17, 15) is 5.11 Å². The molecular weight excluding hydrogens is 174 g/mol. The van der Waals surface area contributed by atoms with E-state index in [1.54, 1.807) is 0 Å². The summed E-state index contributed by atoms with van der Waals surface area (Å²) in [5.74, 6) is 0. The van der Waals surface area contributed by atoms with Crippen molar-refractivity contribution in [3.05, 3.63) is 35.4 Å². The first-order chi connectivity index (χ1) is 6.56. The Morgan fingerprint density at radius 2 is 2.14 bits per heavy atom. The summed E-state index contributed by atoms with van der Waals surface area (Å²) in [6.07, 6.45) is 1.09. The van der Waals surface area contributed by atoms with Gasteiger partial charge in [-0.2, -0.15) is 0 Å². The van der Waals surface area contributed by atoms with Gasteiger partial charge in [0.1, 0.15) is 0 Å². The van der Waals surface area contributed by atoms with Crippen LogP contribution in [0.5, 0.6) is 0 Å². The highest BCUT2D eigenvalue weighted by atomic mass is 16.3. The number of hydrogen-bond acceptors (Lipinski definition) is 2. The van der Waals surface area contributed by atoms with Crippen LogP contribution in [0.1, 0.15) is 31.0 Å². The van der Waals surface area contributed by atoms with Crippen LogP contribution in [0.25, 0.3) is 0 Å². The van der Waals surface area contributed by atoms with Crippen LogP contribution >= 0.6 is 0 Å². The lowest BCUT2D eigenvalue weighted by atomic mass is 9.83. The van der Waals surface area contributed by atoms with Gasteiger partial charge in [-0.05, 0) is 31.4 Å². The normalized spacial score (nSPS) is 20.1. The van der Waals surface area contributed by atoms with Crippen LogP contribution in [-0.2, 0) is 6.42 Å². The van der Waals surface area contributed by atoms with Crippen LogP contribution < -0.4 is 5.32 Å². The molecule has 0 radical (unpaired) electrons. The van der Waals surface area contributed by atoms with Crippen LogP contribution in [0, 0.1) is 0 Å². The maximum Gasteiger partial charge on any atom is 0.0715 e. The summed E-state index contributed by atoms with van der Waals surface area (Å²) in [7, 11) is 0. The lowest BCUT2D eigenvalue weighted by molar-refractivity contribution is 0.0754. The summed E-state index contributed by atoms with van der Waals surface area (Å²) in [5.41, 5.74) is 2.20. The maximum atomic E-state index is 9.57. The minimum absolute atomic E-state index is 0.442. The Hall–Kier alpha value is -0.860. The third-order valence-corrected chi connectivity index (χ3v) is 2.64. The molecular formula is C12H17NO. The predicted octanol–water partition coefficient (Wildman–Crippen LogP) is 1.64. The number of benzene rings is 1. The fourth-order valence-corrected chi connectivity index (χ4v) is 1.81. The molecule has 0 aliphatic heterocycles. The molecule has 2 heteroatoms. The molecule has 1 aromatic rings. The average Bonchev–Trinajstić information content (AvgIpc) is 2.04.